The van der Waals surface area contributed by atoms with Crippen LogP contribution in [0.25, 0.3) is 0 Å². The maximum atomic E-state index is 12.7. The van der Waals surface area contributed by atoms with Crippen LogP contribution in [0.15, 0.2) is 48.7 Å². The number of hydrogen-bond donors (Lipinski definition) is 1. The Morgan fingerprint density at radius 2 is 1.91 bits per heavy atom. The molecule has 0 saturated carbocycles. The zero-order chi connectivity index (χ0) is 16.0. The number of alkyl halides is 3. The molecule has 1 aromatic carbocycles. The first-order valence-corrected chi connectivity index (χ1v) is 6.94. The third-order valence-corrected chi connectivity index (χ3v) is 3.10. The Balaban J connectivity index is 2.07. The lowest BCUT2D eigenvalue weighted by Gasteiger charge is -2.18. The summed E-state index contributed by atoms with van der Waals surface area (Å²) in [6, 6.07) is 11.5. The number of nitrogens with one attached hydrogen (secondary N) is 1. The van der Waals surface area contributed by atoms with E-state index in [1.54, 1.807) is 0 Å². The molecule has 0 fully saturated rings. The molecule has 1 aromatic heterocycles. The van der Waals surface area contributed by atoms with Crippen LogP contribution in [0.2, 0.25) is 0 Å². The summed E-state index contributed by atoms with van der Waals surface area (Å²) < 4.78 is 43.7. The Morgan fingerprint density at radius 1 is 1.18 bits per heavy atom. The minimum atomic E-state index is -4.38. The van der Waals surface area contributed by atoms with Crippen molar-refractivity contribution in [3.8, 4) is 0 Å². The van der Waals surface area contributed by atoms with Crippen molar-refractivity contribution in [2.75, 3.05) is 18.5 Å². The van der Waals surface area contributed by atoms with E-state index in [1.807, 2.05) is 37.3 Å². The van der Waals surface area contributed by atoms with E-state index in [0.29, 0.717) is 13.2 Å². The summed E-state index contributed by atoms with van der Waals surface area (Å²) in [5.41, 5.74) is 0.237. The minimum Gasteiger partial charge on any atom is -0.372 e. The second-order valence-corrected chi connectivity index (χ2v) is 4.66. The number of halogens is 3. The first kappa shape index (κ1) is 16.3. The van der Waals surface area contributed by atoms with Gasteiger partial charge < -0.3 is 10.1 Å². The monoisotopic (exact) mass is 310 g/mol. The number of hydrogen-bond acceptors (Lipinski definition) is 3. The molecule has 1 atom stereocenters. The number of aromatic nitrogens is 1. The average molecular weight is 310 g/mol. The van der Waals surface area contributed by atoms with E-state index in [9.17, 15) is 13.2 Å². The first-order chi connectivity index (χ1) is 10.5. The van der Waals surface area contributed by atoms with E-state index in [1.165, 1.54) is 0 Å². The average Bonchev–Trinajstić information content (AvgIpc) is 2.52. The Kier molecular flexibility index (Phi) is 5.38. The van der Waals surface area contributed by atoms with Gasteiger partial charge in [0.05, 0.1) is 11.7 Å². The van der Waals surface area contributed by atoms with Gasteiger partial charge in [0.2, 0.25) is 0 Å². The van der Waals surface area contributed by atoms with Crippen LogP contribution >= 0.6 is 0 Å². The number of benzene rings is 1. The van der Waals surface area contributed by atoms with Crippen molar-refractivity contribution in [1.29, 1.82) is 0 Å². The van der Waals surface area contributed by atoms with Gasteiger partial charge in [0.25, 0.3) is 0 Å². The van der Waals surface area contributed by atoms with Crippen LogP contribution in [0.1, 0.15) is 24.2 Å². The van der Waals surface area contributed by atoms with Gasteiger partial charge in [-0.05, 0) is 24.6 Å². The van der Waals surface area contributed by atoms with E-state index in [4.69, 9.17) is 4.74 Å². The van der Waals surface area contributed by atoms with Crippen LogP contribution < -0.4 is 5.32 Å². The molecule has 0 saturated heterocycles. The molecule has 118 valence electrons. The van der Waals surface area contributed by atoms with E-state index in [-0.39, 0.29) is 11.9 Å². The van der Waals surface area contributed by atoms with Crippen LogP contribution in [0.3, 0.4) is 0 Å². The van der Waals surface area contributed by atoms with Crippen molar-refractivity contribution in [2.24, 2.45) is 0 Å². The van der Waals surface area contributed by atoms with Crippen molar-refractivity contribution in [2.45, 2.75) is 19.2 Å². The van der Waals surface area contributed by atoms with Crippen molar-refractivity contribution in [3.63, 3.8) is 0 Å². The summed E-state index contributed by atoms with van der Waals surface area (Å²) >= 11 is 0. The standard InChI is InChI=1S/C16H17F3N2O/c1-2-22-14(12-6-4-3-5-7-12)11-21-15-10-13(8-9-20-15)16(17,18)19/h3-10,14H,2,11H2,1H3,(H,20,21). The molecule has 0 radical (unpaired) electrons. The fourth-order valence-corrected chi connectivity index (χ4v) is 2.04. The summed E-state index contributed by atoms with van der Waals surface area (Å²) in [5.74, 6) is 0.176. The smallest absolute Gasteiger partial charge is 0.372 e. The van der Waals surface area contributed by atoms with Gasteiger partial charge in [-0.3, -0.25) is 0 Å². The topological polar surface area (TPSA) is 34.1 Å². The second kappa shape index (κ2) is 7.26. The predicted molar refractivity (Wildman–Crippen MR) is 78.5 cm³/mol. The molecule has 0 amide bonds. The molecule has 1 heterocycles. The summed E-state index contributed by atoms with van der Waals surface area (Å²) in [5, 5.41) is 2.90. The van der Waals surface area contributed by atoms with Crippen LogP contribution in [-0.2, 0) is 10.9 Å². The molecule has 22 heavy (non-hydrogen) atoms. The molecule has 2 rings (SSSR count). The highest BCUT2D eigenvalue weighted by atomic mass is 19.4. The highest BCUT2D eigenvalue weighted by Gasteiger charge is 2.30. The van der Waals surface area contributed by atoms with Crippen molar-refractivity contribution >= 4 is 5.82 Å². The van der Waals surface area contributed by atoms with Gasteiger partial charge in [-0.2, -0.15) is 13.2 Å². The van der Waals surface area contributed by atoms with Gasteiger partial charge in [0.1, 0.15) is 5.82 Å². The second-order valence-electron chi connectivity index (χ2n) is 4.66. The Hall–Kier alpha value is -2.08. The number of pyridine rings is 1. The van der Waals surface area contributed by atoms with Gasteiger partial charge in [-0.15, -0.1) is 0 Å². The van der Waals surface area contributed by atoms with Crippen LogP contribution in [0.4, 0.5) is 19.0 Å². The Labute approximate surface area is 127 Å². The maximum Gasteiger partial charge on any atom is 0.416 e. The molecule has 0 aliphatic heterocycles. The molecular formula is C16H17F3N2O. The Bertz CT molecular complexity index is 587. The summed E-state index contributed by atoms with van der Waals surface area (Å²) in [6.07, 6.45) is -3.48. The third-order valence-electron chi connectivity index (χ3n) is 3.10. The van der Waals surface area contributed by atoms with E-state index >= 15 is 0 Å². The van der Waals surface area contributed by atoms with Gasteiger partial charge in [0.15, 0.2) is 0 Å². The van der Waals surface area contributed by atoms with Crippen LogP contribution in [-0.4, -0.2) is 18.1 Å². The van der Waals surface area contributed by atoms with Crippen molar-refractivity contribution < 1.29 is 17.9 Å². The fourth-order valence-electron chi connectivity index (χ4n) is 2.04. The molecule has 1 unspecified atom stereocenters. The summed E-state index contributed by atoms with van der Waals surface area (Å²) in [4.78, 5) is 3.91. The normalized spacial score (nSPS) is 12.9. The first-order valence-electron chi connectivity index (χ1n) is 6.94. The molecule has 2 aromatic rings. The number of nitrogens with zero attached hydrogens (tertiary/aromatic N) is 1. The van der Waals surface area contributed by atoms with Crippen molar-refractivity contribution in [1.82, 2.24) is 4.98 Å². The summed E-state index contributed by atoms with van der Waals surface area (Å²) in [7, 11) is 0. The number of ether oxygens (including phenoxy) is 1. The molecular weight excluding hydrogens is 293 g/mol. The lowest BCUT2D eigenvalue weighted by molar-refractivity contribution is -0.137. The van der Waals surface area contributed by atoms with E-state index in [0.717, 1.165) is 23.9 Å². The van der Waals surface area contributed by atoms with Gasteiger partial charge >= 0.3 is 6.18 Å². The van der Waals surface area contributed by atoms with Crippen molar-refractivity contribution in [3.05, 3.63) is 59.8 Å². The van der Waals surface area contributed by atoms with Gasteiger partial charge in [0, 0.05) is 19.3 Å². The number of rotatable bonds is 6. The van der Waals surface area contributed by atoms with E-state index < -0.39 is 11.7 Å². The maximum absolute atomic E-state index is 12.7. The van der Waals surface area contributed by atoms with Gasteiger partial charge in [-0.25, -0.2) is 4.98 Å². The van der Waals surface area contributed by atoms with Gasteiger partial charge in [-0.1, -0.05) is 30.3 Å². The minimum absolute atomic E-state index is 0.176. The third kappa shape index (κ3) is 4.46. The Morgan fingerprint density at radius 3 is 2.55 bits per heavy atom. The fraction of sp³-hybridized carbons (Fsp3) is 0.312. The number of anilines is 1. The zero-order valence-electron chi connectivity index (χ0n) is 12.1. The van der Waals surface area contributed by atoms with Crippen LogP contribution in [0, 0.1) is 0 Å². The molecule has 0 spiro atoms. The van der Waals surface area contributed by atoms with E-state index in [2.05, 4.69) is 10.3 Å². The van der Waals surface area contributed by atoms with Crippen LogP contribution in [0.5, 0.6) is 0 Å². The lowest BCUT2D eigenvalue weighted by atomic mass is 10.1. The molecule has 0 aliphatic carbocycles. The molecule has 3 nitrogen and oxygen atoms in total. The zero-order valence-corrected chi connectivity index (χ0v) is 12.1. The molecule has 6 heteroatoms. The predicted octanol–water partition coefficient (Wildman–Crippen LogP) is 4.29. The highest BCUT2D eigenvalue weighted by Crippen LogP contribution is 2.30. The summed E-state index contributed by atoms with van der Waals surface area (Å²) in [6.45, 7) is 2.72. The lowest BCUT2D eigenvalue weighted by Crippen LogP contribution is -2.17. The largest absolute Gasteiger partial charge is 0.416 e. The molecule has 0 bridgehead atoms. The SMILES string of the molecule is CCOC(CNc1cc(C(F)(F)F)ccn1)c1ccccc1. The quantitative estimate of drug-likeness (QED) is 0.864. The highest BCUT2D eigenvalue weighted by molar-refractivity contribution is 5.39. The molecule has 1 N–H and O–H groups in total. The molecule has 0 aliphatic rings.